The van der Waals surface area contributed by atoms with Crippen molar-refractivity contribution in [1.82, 2.24) is 0 Å². The molecule has 0 fully saturated rings. The molecule has 0 aliphatic rings. The van der Waals surface area contributed by atoms with Gasteiger partial charge in [-0.1, -0.05) is 51.1 Å². The van der Waals surface area contributed by atoms with Crippen molar-refractivity contribution in [2.24, 2.45) is 11.7 Å². The Morgan fingerprint density at radius 3 is 2.38 bits per heavy atom. The zero-order chi connectivity index (χ0) is 18.2. The second-order valence-corrected chi connectivity index (χ2v) is 8.69. The fourth-order valence-electron chi connectivity index (χ4n) is 2.20. The molecule has 0 spiro atoms. The van der Waals surface area contributed by atoms with Crippen LogP contribution in [0.5, 0.6) is 0 Å². The van der Waals surface area contributed by atoms with Gasteiger partial charge in [0.25, 0.3) is 0 Å². The van der Waals surface area contributed by atoms with Crippen LogP contribution in [0, 0.1) is 5.92 Å². The molecule has 0 saturated heterocycles. The summed E-state index contributed by atoms with van der Waals surface area (Å²) in [6.07, 6.45) is 0.623. The van der Waals surface area contributed by atoms with Crippen LogP contribution in [-0.4, -0.2) is 34.9 Å². The van der Waals surface area contributed by atoms with Gasteiger partial charge in [0.05, 0.1) is 18.6 Å². The minimum absolute atomic E-state index is 0.0277. The number of carbonyl (C=O) groups excluding carboxylic acids is 2. The van der Waals surface area contributed by atoms with Crippen LogP contribution in [0.3, 0.4) is 0 Å². The summed E-state index contributed by atoms with van der Waals surface area (Å²) in [5.74, 6) is -0.281. The lowest BCUT2D eigenvalue weighted by atomic mass is 9.96. The number of nitrogens with two attached hydrogens (primary N) is 1. The maximum Gasteiger partial charge on any atom is 0.310 e. The van der Waals surface area contributed by atoms with Gasteiger partial charge in [-0.05, 0) is 18.9 Å². The summed E-state index contributed by atoms with van der Waals surface area (Å²) in [7, 11) is 0. The molecule has 1 aromatic rings. The van der Waals surface area contributed by atoms with Crippen LogP contribution < -0.4 is 5.73 Å². The highest BCUT2D eigenvalue weighted by Crippen LogP contribution is 2.27. The van der Waals surface area contributed by atoms with Crippen molar-refractivity contribution in [3.8, 4) is 0 Å². The van der Waals surface area contributed by atoms with Gasteiger partial charge in [0.1, 0.15) is 0 Å². The van der Waals surface area contributed by atoms with Crippen molar-refractivity contribution in [3.05, 3.63) is 35.9 Å². The number of ether oxygens (including phenoxy) is 1. The molecule has 0 radical (unpaired) electrons. The van der Waals surface area contributed by atoms with Gasteiger partial charge in [0.15, 0.2) is 5.78 Å². The highest BCUT2D eigenvalue weighted by atomic mass is 32.2. The van der Waals surface area contributed by atoms with Crippen LogP contribution in [0.25, 0.3) is 0 Å². The summed E-state index contributed by atoms with van der Waals surface area (Å²) < 4.78 is 5.15. The molecule has 0 heterocycles. The first-order valence-corrected chi connectivity index (χ1v) is 9.34. The predicted molar refractivity (Wildman–Crippen MR) is 100 cm³/mol. The molecule has 24 heavy (non-hydrogen) atoms. The van der Waals surface area contributed by atoms with E-state index in [0.29, 0.717) is 18.8 Å². The number of thioether (sulfide) groups is 1. The molecule has 0 bridgehead atoms. The van der Waals surface area contributed by atoms with Crippen LogP contribution in [-0.2, 0) is 20.7 Å². The van der Waals surface area contributed by atoms with Crippen molar-refractivity contribution in [2.45, 2.75) is 51.3 Å². The zero-order valence-corrected chi connectivity index (χ0v) is 15.9. The maximum absolute atomic E-state index is 12.4. The number of Topliss-reactive ketones (excluding diaryl/α,β-unsaturated/α-hetero) is 1. The van der Waals surface area contributed by atoms with E-state index in [-0.39, 0.29) is 22.9 Å². The van der Waals surface area contributed by atoms with Crippen molar-refractivity contribution in [1.29, 1.82) is 0 Å². The largest absolute Gasteiger partial charge is 0.466 e. The number of hydrogen-bond acceptors (Lipinski definition) is 5. The van der Waals surface area contributed by atoms with Crippen molar-refractivity contribution in [2.75, 3.05) is 12.4 Å². The van der Waals surface area contributed by atoms with Gasteiger partial charge in [-0.25, -0.2) is 0 Å². The molecule has 0 saturated carbocycles. The van der Waals surface area contributed by atoms with Gasteiger partial charge in [-0.15, -0.1) is 0 Å². The molecule has 0 aliphatic carbocycles. The van der Waals surface area contributed by atoms with Gasteiger partial charge in [-0.2, -0.15) is 11.8 Å². The maximum atomic E-state index is 12.4. The molecular formula is C19H29NO3S. The van der Waals surface area contributed by atoms with Gasteiger partial charge in [0, 0.05) is 16.9 Å². The Labute approximate surface area is 149 Å². The number of rotatable bonds is 9. The molecular weight excluding hydrogens is 322 g/mol. The monoisotopic (exact) mass is 351 g/mol. The summed E-state index contributed by atoms with van der Waals surface area (Å²) in [5, 5.41) is 0. The van der Waals surface area contributed by atoms with E-state index in [0.717, 1.165) is 5.56 Å². The van der Waals surface area contributed by atoms with Crippen molar-refractivity contribution < 1.29 is 14.3 Å². The highest BCUT2D eigenvalue weighted by Gasteiger charge is 2.27. The molecule has 2 atom stereocenters. The second kappa shape index (κ2) is 9.84. The second-order valence-electron chi connectivity index (χ2n) is 6.84. The SMILES string of the molecule is CCOC(=O)[C@H](CSC(C)(C)C)CC(=O)[C@@H](N)Cc1ccccc1. The highest BCUT2D eigenvalue weighted by molar-refractivity contribution is 8.00. The van der Waals surface area contributed by atoms with Gasteiger partial charge in [-0.3, -0.25) is 9.59 Å². The Bertz CT molecular complexity index is 525. The van der Waals surface area contributed by atoms with E-state index in [2.05, 4.69) is 20.8 Å². The first kappa shape index (κ1) is 20.7. The van der Waals surface area contributed by atoms with Gasteiger partial charge < -0.3 is 10.5 Å². The molecule has 134 valence electrons. The molecule has 0 aliphatic heterocycles. The fraction of sp³-hybridized carbons (Fsp3) is 0.579. The summed E-state index contributed by atoms with van der Waals surface area (Å²) >= 11 is 1.66. The summed E-state index contributed by atoms with van der Waals surface area (Å²) in [4.78, 5) is 24.6. The van der Waals surface area contributed by atoms with Crippen LogP contribution in [0.1, 0.15) is 39.7 Å². The normalized spacial score (nSPS) is 14.0. The average molecular weight is 352 g/mol. The minimum Gasteiger partial charge on any atom is -0.466 e. The smallest absolute Gasteiger partial charge is 0.310 e. The summed E-state index contributed by atoms with van der Waals surface area (Å²) in [5.41, 5.74) is 7.07. The summed E-state index contributed by atoms with van der Waals surface area (Å²) in [6.45, 7) is 8.35. The van der Waals surface area contributed by atoms with Crippen LogP contribution >= 0.6 is 11.8 Å². The molecule has 1 aromatic carbocycles. The van der Waals surface area contributed by atoms with Crippen molar-refractivity contribution in [3.63, 3.8) is 0 Å². The zero-order valence-electron chi connectivity index (χ0n) is 15.1. The summed E-state index contributed by atoms with van der Waals surface area (Å²) in [6, 6.07) is 9.08. The first-order valence-electron chi connectivity index (χ1n) is 8.35. The Hall–Kier alpha value is -1.33. The molecule has 0 unspecified atom stereocenters. The number of benzene rings is 1. The van der Waals surface area contributed by atoms with Gasteiger partial charge >= 0.3 is 5.97 Å². The third kappa shape index (κ3) is 7.97. The predicted octanol–water partition coefficient (Wildman–Crippen LogP) is 3.23. The van der Waals surface area contributed by atoms with E-state index in [9.17, 15) is 9.59 Å². The van der Waals surface area contributed by atoms with E-state index in [1.54, 1.807) is 18.7 Å². The molecule has 0 amide bonds. The van der Waals surface area contributed by atoms with E-state index in [1.165, 1.54) is 0 Å². The number of hydrogen-bond donors (Lipinski definition) is 1. The minimum atomic E-state index is -0.594. The molecule has 4 nitrogen and oxygen atoms in total. The lowest BCUT2D eigenvalue weighted by Crippen LogP contribution is -2.36. The molecule has 2 N–H and O–H groups in total. The molecule has 5 heteroatoms. The van der Waals surface area contributed by atoms with Crippen LogP contribution in [0.4, 0.5) is 0 Å². The lowest BCUT2D eigenvalue weighted by molar-refractivity contribution is -0.148. The Kier molecular flexibility index (Phi) is 8.50. The lowest BCUT2D eigenvalue weighted by Gasteiger charge is -2.22. The first-order chi connectivity index (χ1) is 11.2. The third-order valence-electron chi connectivity index (χ3n) is 3.50. The Balaban J connectivity index is 2.66. The fourth-order valence-corrected chi connectivity index (χ4v) is 3.15. The van der Waals surface area contributed by atoms with E-state index < -0.39 is 12.0 Å². The third-order valence-corrected chi connectivity index (χ3v) is 4.93. The van der Waals surface area contributed by atoms with Crippen LogP contribution in [0.15, 0.2) is 30.3 Å². The number of ketones is 1. The van der Waals surface area contributed by atoms with Crippen LogP contribution in [0.2, 0.25) is 0 Å². The van der Waals surface area contributed by atoms with E-state index in [1.807, 2.05) is 30.3 Å². The van der Waals surface area contributed by atoms with Crippen molar-refractivity contribution >= 4 is 23.5 Å². The quantitative estimate of drug-likeness (QED) is 0.692. The number of esters is 1. The standard InChI is InChI=1S/C19H29NO3S/c1-5-23-18(22)15(13-24-19(2,3)4)12-17(21)16(20)11-14-9-7-6-8-10-14/h6-10,15-16H,5,11-13,20H2,1-4H3/t15-,16-/m0/s1. The molecule has 0 aromatic heterocycles. The topological polar surface area (TPSA) is 69.4 Å². The average Bonchev–Trinajstić information content (AvgIpc) is 2.51. The Morgan fingerprint density at radius 1 is 1.21 bits per heavy atom. The van der Waals surface area contributed by atoms with E-state index >= 15 is 0 Å². The number of carbonyl (C=O) groups is 2. The Morgan fingerprint density at radius 2 is 1.83 bits per heavy atom. The van der Waals surface area contributed by atoms with E-state index in [4.69, 9.17) is 10.5 Å². The van der Waals surface area contributed by atoms with Gasteiger partial charge in [0.2, 0.25) is 0 Å². The molecule has 1 rings (SSSR count).